The van der Waals surface area contributed by atoms with Gasteiger partial charge in [0.1, 0.15) is 11.6 Å². The largest absolute Gasteiger partial charge is 0.355 e. The molecule has 1 aromatic carbocycles. The molecule has 0 fully saturated rings. The van der Waals surface area contributed by atoms with Gasteiger partial charge in [-0.1, -0.05) is 30.3 Å². The Bertz CT molecular complexity index is 604. The smallest absolute Gasteiger partial charge is 0.135 e. The van der Waals surface area contributed by atoms with E-state index in [0.717, 1.165) is 24.6 Å². The second-order valence-electron chi connectivity index (χ2n) is 5.06. The molecule has 2 aromatic rings. The van der Waals surface area contributed by atoms with Crippen molar-refractivity contribution in [3.8, 4) is 6.07 Å². The summed E-state index contributed by atoms with van der Waals surface area (Å²) in [6, 6.07) is 14.4. The van der Waals surface area contributed by atoms with Crippen molar-refractivity contribution in [3.63, 3.8) is 0 Å². The molecule has 1 aromatic heterocycles. The molecule has 0 amide bonds. The summed E-state index contributed by atoms with van der Waals surface area (Å²) in [6.45, 7) is 5.51. The lowest BCUT2D eigenvalue weighted by atomic mass is 10.1. The lowest BCUT2D eigenvalue weighted by molar-refractivity contribution is 0.676. The Morgan fingerprint density at radius 3 is 2.67 bits per heavy atom. The molecular weight excluding hydrogens is 260 g/mol. The maximum atomic E-state index is 8.97. The topological polar surface area (TPSA) is 52.8 Å². The van der Waals surface area contributed by atoms with E-state index in [2.05, 4.69) is 40.0 Å². The summed E-state index contributed by atoms with van der Waals surface area (Å²) in [4.78, 5) is 11.1. The van der Waals surface area contributed by atoms with Crippen LogP contribution in [0.3, 0.4) is 0 Å². The van der Waals surface area contributed by atoms with Crippen LogP contribution in [0, 0.1) is 17.2 Å². The zero-order valence-corrected chi connectivity index (χ0v) is 12.5. The summed E-state index contributed by atoms with van der Waals surface area (Å²) < 4.78 is 0. The van der Waals surface area contributed by atoms with Crippen LogP contribution in [-0.2, 0) is 6.42 Å². The molecule has 21 heavy (non-hydrogen) atoms. The molecule has 0 spiro atoms. The molecule has 2 rings (SSSR count). The maximum Gasteiger partial charge on any atom is 0.135 e. The molecule has 4 heteroatoms. The lowest BCUT2D eigenvalue weighted by Gasteiger charge is -2.23. The fraction of sp³-hybridized carbons (Fsp3) is 0.353. The van der Waals surface area contributed by atoms with Gasteiger partial charge < -0.3 is 4.90 Å². The van der Waals surface area contributed by atoms with Gasteiger partial charge in [-0.3, -0.25) is 0 Å². The van der Waals surface area contributed by atoms with E-state index in [0.29, 0.717) is 6.54 Å². The van der Waals surface area contributed by atoms with Crippen LogP contribution in [-0.4, -0.2) is 23.1 Å². The van der Waals surface area contributed by atoms with Crippen molar-refractivity contribution in [2.24, 2.45) is 5.92 Å². The number of hydrogen-bond acceptors (Lipinski definition) is 4. The van der Waals surface area contributed by atoms with E-state index in [1.807, 2.05) is 31.2 Å². The first-order valence-electron chi connectivity index (χ1n) is 7.23. The number of anilines is 1. The Balaban J connectivity index is 2.14. The van der Waals surface area contributed by atoms with Crippen molar-refractivity contribution < 1.29 is 0 Å². The van der Waals surface area contributed by atoms with Gasteiger partial charge in [0.2, 0.25) is 0 Å². The van der Waals surface area contributed by atoms with E-state index in [4.69, 9.17) is 5.26 Å². The van der Waals surface area contributed by atoms with E-state index < -0.39 is 0 Å². The van der Waals surface area contributed by atoms with Gasteiger partial charge in [0.25, 0.3) is 0 Å². The highest BCUT2D eigenvalue weighted by atomic mass is 15.2. The Morgan fingerprint density at radius 1 is 1.24 bits per heavy atom. The highest BCUT2D eigenvalue weighted by molar-refractivity contribution is 5.38. The molecule has 1 heterocycles. The molecule has 1 atom stereocenters. The quantitative estimate of drug-likeness (QED) is 0.816. The van der Waals surface area contributed by atoms with Crippen molar-refractivity contribution in [1.29, 1.82) is 5.26 Å². The fourth-order valence-corrected chi connectivity index (χ4v) is 2.18. The number of nitriles is 1. The number of aromatic nitrogens is 2. The third-order valence-corrected chi connectivity index (χ3v) is 3.32. The summed E-state index contributed by atoms with van der Waals surface area (Å²) in [5.41, 5.74) is 1.20. The summed E-state index contributed by atoms with van der Waals surface area (Å²) in [5, 5.41) is 8.97. The van der Waals surface area contributed by atoms with E-state index in [1.54, 1.807) is 6.20 Å². The number of benzene rings is 1. The van der Waals surface area contributed by atoms with Crippen molar-refractivity contribution in [3.05, 3.63) is 54.0 Å². The first-order chi connectivity index (χ1) is 10.2. The highest BCUT2D eigenvalue weighted by Gasteiger charge is 2.11. The van der Waals surface area contributed by atoms with Crippen LogP contribution in [0.1, 0.15) is 25.2 Å². The van der Waals surface area contributed by atoms with E-state index >= 15 is 0 Å². The third kappa shape index (κ3) is 4.28. The van der Waals surface area contributed by atoms with Gasteiger partial charge in [0, 0.05) is 25.7 Å². The van der Waals surface area contributed by atoms with Gasteiger partial charge in [-0.25, -0.2) is 9.97 Å². The molecule has 0 saturated carbocycles. The fourth-order valence-electron chi connectivity index (χ4n) is 2.18. The Morgan fingerprint density at radius 2 is 2.00 bits per heavy atom. The molecule has 0 radical (unpaired) electrons. The summed E-state index contributed by atoms with van der Waals surface area (Å²) in [7, 11) is 0. The minimum atomic E-state index is -0.0162. The minimum Gasteiger partial charge on any atom is -0.355 e. The van der Waals surface area contributed by atoms with Gasteiger partial charge in [-0.2, -0.15) is 5.26 Å². The standard InChI is InChI=1S/C17H20N4/c1-3-21(13-14(2)12-18)17-9-10-19-16(20-17)11-15-7-5-4-6-8-15/h4-10,14H,3,11,13H2,1-2H3. The van der Waals surface area contributed by atoms with Crippen LogP contribution in [0.2, 0.25) is 0 Å². The van der Waals surface area contributed by atoms with Crippen LogP contribution in [0.5, 0.6) is 0 Å². The average Bonchev–Trinajstić information content (AvgIpc) is 2.53. The van der Waals surface area contributed by atoms with Gasteiger partial charge in [-0.05, 0) is 25.5 Å². The summed E-state index contributed by atoms with van der Waals surface area (Å²) in [5.74, 6) is 1.68. The second kappa shape index (κ2) is 7.39. The molecule has 0 saturated heterocycles. The Hall–Kier alpha value is -2.41. The summed E-state index contributed by atoms with van der Waals surface area (Å²) in [6.07, 6.45) is 2.51. The lowest BCUT2D eigenvalue weighted by Crippen LogP contribution is -2.28. The molecule has 1 unspecified atom stereocenters. The van der Waals surface area contributed by atoms with Gasteiger partial charge >= 0.3 is 0 Å². The Kier molecular flexibility index (Phi) is 5.28. The molecule has 0 N–H and O–H groups in total. The maximum absolute atomic E-state index is 8.97. The zero-order chi connectivity index (χ0) is 15.1. The van der Waals surface area contributed by atoms with E-state index in [1.165, 1.54) is 5.56 Å². The van der Waals surface area contributed by atoms with Crippen LogP contribution in [0.4, 0.5) is 5.82 Å². The van der Waals surface area contributed by atoms with Crippen LogP contribution in [0.25, 0.3) is 0 Å². The van der Waals surface area contributed by atoms with E-state index in [9.17, 15) is 0 Å². The molecular formula is C17H20N4. The molecule has 0 aliphatic heterocycles. The monoisotopic (exact) mass is 280 g/mol. The molecule has 4 nitrogen and oxygen atoms in total. The van der Waals surface area contributed by atoms with Crippen molar-refractivity contribution >= 4 is 5.82 Å². The molecule has 0 aliphatic carbocycles. The van der Waals surface area contributed by atoms with Crippen molar-refractivity contribution in [2.45, 2.75) is 20.3 Å². The van der Waals surface area contributed by atoms with E-state index in [-0.39, 0.29) is 5.92 Å². The summed E-state index contributed by atoms with van der Waals surface area (Å²) >= 11 is 0. The third-order valence-electron chi connectivity index (χ3n) is 3.32. The first-order valence-corrected chi connectivity index (χ1v) is 7.23. The zero-order valence-electron chi connectivity index (χ0n) is 12.5. The normalized spacial score (nSPS) is 11.7. The second-order valence-corrected chi connectivity index (χ2v) is 5.06. The number of hydrogen-bond donors (Lipinski definition) is 0. The predicted octanol–water partition coefficient (Wildman–Crippen LogP) is 3.05. The molecule has 0 aliphatic rings. The van der Waals surface area contributed by atoms with Crippen molar-refractivity contribution in [1.82, 2.24) is 9.97 Å². The number of nitrogens with zero attached hydrogens (tertiary/aromatic N) is 4. The van der Waals surface area contributed by atoms with Crippen LogP contribution >= 0.6 is 0 Å². The SMILES string of the molecule is CCN(CC(C)C#N)c1ccnc(Cc2ccccc2)n1. The average molecular weight is 280 g/mol. The minimum absolute atomic E-state index is 0.0162. The van der Waals surface area contributed by atoms with Crippen LogP contribution < -0.4 is 4.90 Å². The Labute approximate surface area is 126 Å². The van der Waals surface area contributed by atoms with Gasteiger partial charge in [0.05, 0.1) is 12.0 Å². The molecule has 108 valence electrons. The molecule has 0 bridgehead atoms. The van der Waals surface area contributed by atoms with Gasteiger partial charge in [-0.15, -0.1) is 0 Å². The number of rotatable bonds is 6. The highest BCUT2D eigenvalue weighted by Crippen LogP contribution is 2.13. The van der Waals surface area contributed by atoms with Crippen LogP contribution in [0.15, 0.2) is 42.6 Å². The van der Waals surface area contributed by atoms with Crippen molar-refractivity contribution in [2.75, 3.05) is 18.0 Å². The predicted molar refractivity (Wildman–Crippen MR) is 83.9 cm³/mol. The first kappa shape index (κ1) is 15.0. The van der Waals surface area contributed by atoms with Gasteiger partial charge in [0.15, 0.2) is 0 Å².